The summed E-state index contributed by atoms with van der Waals surface area (Å²) in [5.41, 5.74) is 1.19. The number of aryl methyl sites for hydroxylation is 1. The zero-order valence-electron chi connectivity index (χ0n) is 12.4. The summed E-state index contributed by atoms with van der Waals surface area (Å²) in [6.07, 6.45) is 2.84. The number of rotatable bonds is 6. The summed E-state index contributed by atoms with van der Waals surface area (Å²) in [5, 5.41) is 11.8. The van der Waals surface area contributed by atoms with Gasteiger partial charge in [0.2, 0.25) is 0 Å². The van der Waals surface area contributed by atoms with Gasteiger partial charge in [-0.1, -0.05) is 18.1 Å². The lowest BCUT2D eigenvalue weighted by atomic mass is 9.66. The molecule has 1 aromatic carbocycles. The second kappa shape index (κ2) is 6.16. The molecule has 114 valence electrons. The fourth-order valence-electron chi connectivity index (χ4n) is 2.78. The topological polar surface area (TPSA) is 75.6 Å². The normalized spacial score (nSPS) is 15.9. The fourth-order valence-corrected chi connectivity index (χ4v) is 2.78. The number of carbonyl (C=O) groups excluding carboxylic acids is 1. The summed E-state index contributed by atoms with van der Waals surface area (Å²) in [6.45, 7) is 2.31. The third-order valence-corrected chi connectivity index (χ3v) is 4.16. The molecule has 5 heteroatoms. The number of hydrogen-bond acceptors (Lipinski definition) is 3. The maximum absolute atomic E-state index is 12.3. The van der Waals surface area contributed by atoms with Crippen LogP contribution in [0.3, 0.4) is 0 Å². The van der Waals surface area contributed by atoms with Crippen molar-refractivity contribution >= 4 is 11.9 Å². The molecule has 0 radical (unpaired) electrons. The lowest BCUT2D eigenvalue weighted by Crippen LogP contribution is -2.43. The predicted octanol–water partition coefficient (Wildman–Crippen LogP) is 2.38. The zero-order valence-corrected chi connectivity index (χ0v) is 12.4. The summed E-state index contributed by atoms with van der Waals surface area (Å²) in [5.74, 6) is -0.497. The summed E-state index contributed by atoms with van der Waals surface area (Å²) in [4.78, 5) is 23.2. The molecule has 21 heavy (non-hydrogen) atoms. The minimum Gasteiger partial charge on any atom is -0.496 e. The molecular weight excluding hydrogens is 270 g/mol. The van der Waals surface area contributed by atoms with Crippen LogP contribution in [0.2, 0.25) is 0 Å². The van der Waals surface area contributed by atoms with Crippen molar-refractivity contribution in [2.45, 2.75) is 32.6 Å². The first-order chi connectivity index (χ1) is 9.96. The number of carbonyl (C=O) groups is 2. The Kier molecular flexibility index (Phi) is 4.50. The molecule has 0 aromatic heterocycles. The third kappa shape index (κ3) is 3.54. The summed E-state index contributed by atoms with van der Waals surface area (Å²) in [6, 6.07) is 5.42. The van der Waals surface area contributed by atoms with Gasteiger partial charge in [0, 0.05) is 6.54 Å². The SMILES string of the molecule is COc1ccc(C)cc1C(=O)NCC1(CC(=O)O)CCC1. The Morgan fingerprint density at radius 3 is 2.62 bits per heavy atom. The third-order valence-electron chi connectivity index (χ3n) is 4.16. The standard InChI is InChI=1S/C16H21NO4/c1-11-4-5-13(21-2)12(8-11)15(20)17-10-16(6-3-7-16)9-14(18)19/h4-5,8H,3,6-7,9-10H2,1-2H3,(H,17,20)(H,18,19). The number of amides is 1. The van der Waals surface area contributed by atoms with Crippen LogP contribution in [-0.2, 0) is 4.79 Å². The van der Waals surface area contributed by atoms with Crippen molar-refractivity contribution in [3.63, 3.8) is 0 Å². The Morgan fingerprint density at radius 2 is 2.10 bits per heavy atom. The van der Waals surface area contributed by atoms with E-state index in [1.807, 2.05) is 13.0 Å². The van der Waals surface area contributed by atoms with E-state index in [0.717, 1.165) is 24.8 Å². The molecule has 5 nitrogen and oxygen atoms in total. The van der Waals surface area contributed by atoms with Gasteiger partial charge in [0.05, 0.1) is 19.1 Å². The highest BCUT2D eigenvalue weighted by molar-refractivity contribution is 5.97. The number of carboxylic acid groups (broad SMARTS) is 1. The van der Waals surface area contributed by atoms with Crippen LogP contribution in [0.1, 0.15) is 41.6 Å². The number of carboxylic acids is 1. The maximum Gasteiger partial charge on any atom is 0.303 e. The molecule has 2 N–H and O–H groups in total. The van der Waals surface area contributed by atoms with Crippen molar-refractivity contribution in [2.75, 3.05) is 13.7 Å². The van der Waals surface area contributed by atoms with Crippen molar-refractivity contribution in [1.29, 1.82) is 0 Å². The Balaban J connectivity index is 2.05. The summed E-state index contributed by atoms with van der Waals surface area (Å²) in [7, 11) is 1.53. The molecule has 0 bridgehead atoms. The molecule has 1 aromatic rings. The van der Waals surface area contributed by atoms with Gasteiger partial charge in [-0.15, -0.1) is 0 Å². The van der Waals surface area contributed by atoms with E-state index >= 15 is 0 Å². The highest BCUT2D eigenvalue weighted by Crippen LogP contribution is 2.43. The Hall–Kier alpha value is -2.04. The van der Waals surface area contributed by atoms with Gasteiger partial charge in [-0.05, 0) is 37.3 Å². The van der Waals surface area contributed by atoms with Crippen molar-refractivity contribution in [3.8, 4) is 5.75 Å². The van der Waals surface area contributed by atoms with Gasteiger partial charge in [0.15, 0.2) is 0 Å². The van der Waals surface area contributed by atoms with E-state index in [1.165, 1.54) is 7.11 Å². The Morgan fingerprint density at radius 1 is 1.38 bits per heavy atom. The van der Waals surface area contributed by atoms with Crippen LogP contribution in [0.15, 0.2) is 18.2 Å². The van der Waals surface area contributed by atoms with Gasteiger partial charge >= 0.3 is 5.97 Å². The van der Waals surface area contributed by atoms with Crippen LogP contribution >= 0.6 is 0 Å². The van der Waals surface area contributed by atoms with Gasteiger partial charge in [0.1, 0.15) is 5.75 Å². The molecule has 0 heterocycles. The first-order valence-electron chi connectivity index (χ1n) is 7.10. The van der Waals surface area contributed by atoms with Crippen molar-refractivity contribution in [2.24, 2.45) is 5.41 Å². The molecule has 0 aliphatic heterocycles. The minimum absolute atomic E-state index is 0.109. The number of methoxy groups -OCH3 is 1. The molecule has 1 aliphatic rings. The van der Waals surface area contributed by atoms with Crippen LogP contribution in [0.25, 0.3) is 0 Å². The van der Waals surface area contributed by atoms with Crippen LogP contribution in [-0.4, -0.2) is 30.6 Å². The van der Waals surface area contributed by atoms with Gasteiger partial charge in [-0.3, -0.25) is 9.59 Å². The van der Waals surface area contributed by atoms with E-state index in [0.29, 0.717) is 17.9 Å². The minimum atomic E-state index is -0.808. The van der Waals surface area contributed by atoms with E-state index < -0.39 is 5.97 Å². The monoisotopic (exact) mass is 291 g/mol. The van der Waals surface area contributed by atoms with E-state index in [4.69, 9.17) is 9.84 Å². The lowest BCUT2D eigenvalue weighted by Gasteiger charge is -2.40. The number of nitrogens with one attached hydrogen (secondary N) is 1. The first kappa shape index (κ1) is 15.4. The molecule has 0 unspecified atom stereocenters. The Bertz CT molecular complexity index is 549. The number of ether oxygens (including phenoxy) is 1. The molecule has 0 saturated heterocycles. The van der Waals surface area contributed by atoms with Gasteiger partial charge in [-0.25, -0.2) is 0 Å². The van der Waals surface area contributed by atoms with Crippen molar-refractivity contribution < 1.29 is 19.4 Å². The summed E-state index contributed by atoms with van der Waals surface area (Å²) < 4.78 is 5.20. The van der Waals surface area contributed by atoms with Crippen molar-refractivity contribution in [3.05, 3.63) is 29.3 Å². The fraction of sp³-hybridized carbons (Fsp3) is 0.500. The molecule has 1 amide bonds. The number of benzene rings is 1. The molecule has 0 spiro atoms. The zero-order chi connectivity index (χ0) is 15.5. The average Bonchev–Trinajstić information content (AvgIpc) is 2.40. The smallest absolute Gasteiger partial charge is 0.303 e. The van der Waals surface area contributed by atoms with Crippen LogP contribution in [0.4, 0.5) is 0 Å². The second-order valence-electron chi connectivity index (χ2n) is 5.81. The first-order valence-corrected chi connectivity index (χ1v) is 7.10. The number of hydrogen-bond donors (Lipinski definition) is 2. The molecule has 1 saturated carbocycles. The van der Waals surface area contributed by atoms with Crippen LogP contribution < -0.4 is 10.1 Å². The highest BCUT2D eigenvalue weighted by atomic mass is 16.5. The van der Waals surface area contributed by atoms with E-state index in [-0.39, 0.29) is 17.7 Å². The average molecular weight is 291 g/mol. The summed E-state index contributed by atoms with van der Waals surface area (Å²) >= 11 is 0. The van der Waals surface area contributed by atoms with Crippen LogP contribution in [0.5, 0.6) is 5.75 Å². The van der Waals surface area contributed by atoms with Gasteiger partial charge in [-0.2, -0.15) is 0 Å². The van der Waals surface area contributed by atoms with E-state index in [1.54, 1.807) is 12.1 Å². The van der Waals surface area contributed by atoms with E-state index in [9.17, 15) is 9.59 Å². The van der Waals surface area contributed by atoms with Crippen molar-refractivity contribution in [1.82, 2.24) is 5.32 Å². The molecule has 2 rings (SSSR count). The largest absolute Gasteiger partial charge is 0.496 e. The maximum atomic E-state index is 12.3. The predicted molar refractivity (Wildman–Crippen MR) is 78.6 cm³/mol. The number of aliphatic carboxylic acids is 1. The molecule has 0 atom stereocenters. The Labute approximate surface area is 124 Å². The van der Waals surface area contributed by atoms with E-state index in [2.05, 4.69) is 5.32 Å². The molecule has 1 aliphatic carbocycles. The second-order valence-corrected chi connectivity index (χ2v) is 5.81. The quantitative estimate of drug-likeness (QED) is 0.843. The molecular formula is C16H21NO4. The lowest BCUT2D eigenvalue weighted by molar-refractivity contribution is -0.141. The van der Waals surface area contributed by atoms with Gasteiger partial charge in [0.25, 0.3) is 5.91 Å². The highest BCUT2D eigenvalue weighted by Gasteiger charge is 2.39. The van der Waals surface area contributed by atoms with Gasteiger partial charge < -0.3 is 15.2 Å². The van der Waals surface area contributed by atoms with Crippen LogP contribution in [0, 0.1) is 12.3 Å². The molecule has 1 fully saturated rings.